The van der Waals surface area contributed by atoms with Gasteiger partial charge in [-0.15, -0.1) is 0 Å². The van der Waals surface area contributed by atoms with Crippen molar-refractivity contribution in [2.24, 2.45) is 0 Å². The van der Waals surface area contributed by atoms with Gasteiger partial charge in [0.15, 0.2) is 5.78 Å². The Morgan fingerprint density at radius 1 is 1.00 bits per heavy atom. The van der Waals surface area contributed by atoms with Crippen LogP contribution in [0.25, 0.3) is 0 Å². The van der Waals surface area contributed by atoms with Gasteiger partial charge in [-0.2, -0.15) is 13.5 Å². The number of amides is 2. The summed E-state index contributed by atoms with van der Waals surface area (Å²) in [6.07, 6.45) is 4.72. The number of rotatable bonds is 11. The van der Waals surface area contributed by atoms with Crippen LogP contribution in [-0.2, 0) is 33.6 Å². The minimum Gasteiger partial charge on any atom is -0.480 e. The van der Waals surface area contributed by atoms with Crippen LogP contribution in [0, 0.1) is 0 Å². The van der Waals surface area contributed by atoms with Gasteiger partial charge in [0.2, 0.25) is 5.91 Å². The van der Waals surface area contributed by atoms with Crippen LogP contribution in [-0.4, -0.2) is 46.2 Å². The fourth-order valence-corrected chi connectivity index (χ4v) is 4.46. The van der Waals surface area contributed by atoms with E-state index < -0.39 is 17.9 Å². The van der Waals surface area contributed by atoms with Gasteiger partial charge >= 0.3 is 5.97 Å². The standard InChI is InChI=1S/C25H27Cl2N3O5.H2S/c26-18-5-3-6-19(27)23(18)24(33)30-21(25(34)35)12-11-17(31)14-28-22(32)13-10-16-9-8-15-4-1-2-7-20(15)29-16;/h3,5-6,8-9,21H,1-2,4,7,10-14H2,(H,28,32)(H,30,33)(H,34,35);1H2/t21-;/m0./s1. The third kappa shape index (κ3) is 8.50. The van der Waals surface area contributed by atoms with Crippen molar-refractivity contribution in [1.29, 1.82) is 0 Å². The molecule has 1 aromatic heterocycles. The highest BCUT2D eigenvalue weighted by Gasteiger charge is 2.24. The van der Waals surface area contributed by atoms with Crippen LogP contribution in [0.1, 0.15) is 59.4 Å². The lowest BCUT2D eigenvalue weighted by molar-refractivity contribution is -0.139. The number of hydrogen-bond acceptors (Lipinski definition) is 5. The van der Waals surface area contributed by atoms with E-state index >= 15 is 0 Å². The summed E-state index contributed by atoms with van der Waals surface area (Å²) in [5.41, 5.74) is 3.21. The number of Topliss-reactive ketones (excluding diaryl/α,β-unsaturated/α-hetero) is 1. The summed E-state index contributed by atoms with van der Waals surface area (Å²) in [4.78, 5) is 53.0. The van der Waals surface area contributed by atoms with Crippen molar-refractivity contribution in [3.8, 4) is 0 Å². The predicted molar refractivity (Wildman–Crippen MR) is 142 cm³/mol. The molecule has 194 valence electrons. The Kier molecular flexibility index (Phi) is 11.7. The second kappa shape index (κ2) is 14.2. The van der Waals surface area contributed by atoms with E-state index in [-0.39, 0.29) is 66.6 Å². The van der Waals surface area contributed by atoms with E-state index in [0.29, 0.717) is 6.42 Å². The number of aromatic nitrogens is 1. The molecule has 0 aliphatic heterocycles. The summed E-state index contributed by atoms with van der Waals surface area (Å²) >= 11 is 12.0. The Hall–Kier alpha value is -2.62. The van der Waals surface area contributed by atoms with Gasteiger partial charge in [0.25, 0.3) is 5.91 Å². The van der Waals surface area contributed by atoms with E-state index in [4.69, 9.17) is 23.2 Å². The van der Waals surface area contributed by atoms with Gasteiger partial charge in [0, 0.05) is 24.2 Å². The lowest BCUT2D eigenvalue weighted by atomic mass is 9.95. The number of ketones is 1. The number of fused-ring (bicyclic) bond motifs is 1. The lowest BCUT2D eigenvalue weighted by Crippen LogP contribution is -2.41. The average Bonchev–Trinajstić information content (AvgIpc) is 2.83. The van der Waals surface area contributed by atoms with Gasteiger partial charge < -0.3 is 15.7 Å². The number of nitrogens with zero attached hydrogens (tertiary/aromatic N) is 1. The molecule has 1 atom stereocenters. The van der Waals surface area contributed by atoms with Crippen molar-refractivity contribution in [2.45, 2.75) is 57.4 Å². The molecule has 1 aromatic carbocycles. The van der Waals surface area contributed by atoms with Crippen molar-refractivity contribution in [3.05, 3.63) is 62.9 Å². The van der Waals surface area contributed by atoms with Crippen LogP contribution in [0.4, 0.5) is 0 Å². The summed E-state index contributed by atoms with van der Waals surface area (Å²) in [7, 11) is 0. The highest BCUT2D eigenvalue weighted by molar-refractivity contribution is 7.59. The van der Waals surface area contributed by atoms with E-state index in [2.05, 4.69) is 21.7 Å². The molecule has 1 aliphatic rings. The number of pyridine rings is 1. The zero-order valence-electron chi connectivity index (χ0n) is 19.6. The molecule has 8 nitrogen and oxygen atoms in total. The number of carbonyl (C=O) groups excluding carboxylic acids is 3. The summed E-state index contributed by atoms with van der Waals surface area (Å²) in [5, 5.41) is 14.5. The number of hydrogen-bond donors (Lipinski definition) is 3. The molecule has 0 bridgehead atoms. The Balaban J connectivity index is 0.00000456. The van der Waals surface area contributed by atoms with Gasteiger partial charge in [0.05, 0.1) is 22.2 Å². The van der Waals surface area contributed by atoms with Gasteiger partial charge in [-0.3, -0.25) is 19.4 Å². The maximum absolute atomic E-state index is 12.4. The summed E-state index contributed by atoms with van der Waals surface area (Å²) in [5.74, 6) is -2.67. The molecule has 0 unspecified atom stereocenters. The summed E-state index contributed by atoms with van der Waals surface area (Å²) < 4.78 is 0. The number of benzene rings is 1. The van der Waals surface area contributed by atoms with Crippen LogP contribution in [0.15, 0.2) is 30.3 Å². The monoisotopic (exact) mass is 553 g/mol. The molecule has 3 rings (SSSR count). The van der Waals surface area contributed by atoms with E-state index in [1.807, 2.05) is 6.07 Å². The molecular weight excluding hydrogens is 525 g/mol. The van der Waals surface area contributed by atoms with E-state index in [9.17, 15) is 24.3 Å². The molecule has 1 aliphatic carbocycles. The predicted octanol–water partition coefficient (Wildman–Crippen LogP) is 3.66. The van der Waals surface area contributed by atoms with Gasteiger partial charge in [-0.1, -0.05) is 35.3 Å². The molecule has 1 heterocycles. The number of aryl methyl sites for hydroxylation is 3. The molecular formula is C25H29Cl2N3O5S. The van der Waals surface area contributed by atoms with Crippen LogP contribution in [0.2, 0.25) is 10.0 Å². The zero-order chi connectivity index (χ0) is 25.4. The van der Waals surface area contributed by atoms with Gasteiger partial charge in [0.1, 0.15) is 6.04 Å². The van der Waals surface area contributed by atoms with E-state index in [0.717, 1.165) is 30.7 Å². The fraction of sp³-hybridized carbons (Fsp3) is 0.400. The van der Waals surface area contributed by atoms with Crippen molar-refractivity contribution in [1.82, 2.24) is 15.6 Å². The molecule has 36 heavy (non-hydrogen) atoms. The highest BCUT2D eigenvalue weighted by Crippen LogP contribution is 2.24. The largest absolute Gasteiger partial charge is 0.480 e. The number of nitrogens with one attached hydrogen (secondary N) is 2. The highest BCUT2D eigenvalue weighted by atomic mass is 35.5. The Morgan fingerprint density at radius 3 is 2.39 bits per heavy atom. The molecule has 2 aromatic rings. The maximum Gasteiger partial charge on any atom is 0.326 e. The number of halogens is 2. The van der Waals surface area contributed by atoms with Crippen LogP contribution in [0.3, 0.4) is 0 Å². The van der Waals surface area contributed by atoms with Crippen LogP contribution in [0.5, 0.6) is 0 Å². The second-order valence-corrected chi connectivity index (χ2v) is 9.24. The molecule has 3 N–H and O–H groups in total. The first-order chi connectivity index (χ1) is 16.7. The molecule has 0 radical (unpaired) electrons. The first-order valence-electron chi connectivity index (χ1n) is 11.5. The normalized spacial score (nSPS) is 13.1. The third-order valence-corrected chi connectivity index (χ3v) is 6.46. The van der Waals surface area contributed by atoms with Crippen LogP contribution >= 0.6 is 36.7 Å². The molecule has 0 fully saturated rings. The molecule has 2 amide bonds. The first-order valence-corrected chi connectivity index (χ1v) is 12.2. The van der Waals surface area contributed by atoms with Crippen LogP contribution < -0.4 is 10.6 Å². The third-order valence-electron chi connectivity index (χ3n) is 5.83. The average molecular weight is 554 g/mol. The minimum absolute atomic E-state index is 0. The first kappa shape index (κ1) is 29.6. The maximum atomic E-state index is 12.4. The SMILES string of the molecule is O=C(CC[C@H](NC(=O)c1c(Cl)cccc1Cl)C(=O)O)CNC(=O)CCc1ccc2c(n1)CCCC2.S. The number of aliphatic carboxylic acids is 1. The fourth-order valence-electron chi connectivity index (χ4n) is 3.89. The van der Waals surface area contributed by atoms with Crippen molar-refractivity contribution in [3.63, 3.8) is 0 Å². The Labute approximate surface area is 226 Å². The zero-order valence-corrected chi connectivity index (χ0v) is 22.1. The minimum atomic E-state index is -1.32. The molecule has 0 saturated carbocycles. The topological polar surface area (TPSA) is 125 Å². The van der Waals surface area contributed by atoms with Gasteiger partial charge in [-0.25, -0.2) is 4.79 Å². The smallest absolute Gasteiger partial charge is 0.326 e. The Morgan fingerprint density at radius 2 is 1.69 bits per heavy atom. The van der Waals surface area contributed by atoms with Crippen molar-refractivity contribution < 1.29 is 24.3 Å². The number of carboxylic acids is 1. The molecule has 0 spiro atoms. The molecule has 11 heteroatoms. The van der Waals surface area contributed by atoms with Crippen molar-refractivity contribution >= 4 is 60.3 Å². The number of carbonyl (C=O) groups is 4. The Bertz CT molecular complexity index is 1110. The summed E-state index contributed by atoms with van der Waals surface area (Å²) in [6, 6.07) is 7.20. The van der Waals surface area contributed by atoms with E-state index in [1.54, 1.807) is 6.07 Å². The quantitative estimate of drug-likeness (QED) is 0.389. The summed E-state index contributed by atoms with van der Waals surface area (Å²) in [6.45, 7) is -0.215. The molecule has 0 saturated heterocycles. The van der Waals surface area contributed by atoms with Gasteiger partial charge in [-0.05, 0) is 62.3 Å². The second-order valence-electron chi connectivity index (χ2n) is 8.43. The van der Waals surface area contributed by atoms with E-state index in [1.165, 1.54) is 24.1 Å². The van der Waals surface area contributed by atoms with Crippen molar-refractivity contribution in [2.75, 3.05) is 6.54 Å². The lowest BCUT2D eigenvalue weighted by Gasteiger charge is -2.16. The number of carboxylic acid groups (broad SMARTS) is 1.